The summed E-state index contributed by atoms with van der Waals surface area (Å²) >= 11 is 0. The van der Waals surface area contributed by atoms with E-state index in [9.17, 15) is 8.42 Å². The minimum Gasteiger partial charge on any atom is -0.319 e. The van der Waals surface area contributed by atoms with Gasteiger partial charge in [0, 0.05) is 12.3 Å². The molecule has 0 rings (SSSR count). The van der Waals surface area contributed by atoms with Crippen LogP contribution in [0.15, 0.2) is 0 Å². The Balaban J connectivity index is 4.56. The predicted molar refractivity (Wildman–Crippen MR) is 75.1 cm³/mol. The highest BCUT2D eigenvalue weighted by Crippen LogP contribution is 2.32. The van der Waals surface area contributed by atoms with Crippen LogP contribution in [0.3, 0.4) is 0 Å². The van der Waals surface area contributed by atoms with Gasteiger partial charge in [0.05, 0.1) is 5.75 Å². The van der Waals surface area contributed by atoms with E-state index in [0.717, 1.165) is 25.8 Å². The van der Waals surface area contributed by atoms with Gasteiger partial charge in [0.2, 0.25) is 0 Å². The van der Waals surface area contributed by atoms with Gasteiger partial charge in [0.15, 0.2) is 0 Å². The molecule has 0 aliphatic heterocycles. The molecule has 1 N–H and O–H groups in total. The largest absolute Gasteiger partial charge is 0.319 e. The van der Waals surface area contributed by atoms with Gasteiger partial charge in [0.1, 0.15) is 9.84 Å². The summed E-state index contributed by atoms with van der Waals surface area (Å²) in [5.41, 5.74) is 0.160. The van der Waals surface area contributed by atoms with Crippen LogP contribution < -0.4 is 5.32 Å². The molecule has 0 saturated carbocycles. The number of hydrogen-bond donors (Lipinski definition) is 1. The van der Waals surface area contributed by atoms with E-state index in [4.69, 9.17) is 0 Å². The van der Waals surface area contributed by atoms with Crippen LogP contribution in [-0.2, 0) is 9.84 Å². The van der Waals surface area contributed by atoms with Gasteiger partial charge in [-0.15, -0.1) is 0 Å². The summed E-state index contributed by atoms with van der Waals surface area (Å²) in [6.45, 7) is 7.00. The Morgan fingerprint density at radius 1 is 1.12 bits per heavy atom. The van der Waals surface area contributed by atoms with Gasteiger partial charge in [-0.25, -0.2) is 8.42 Å². The molecule has 0 fully saturated rings. The molecule has 0 bridgehead atoms. The monoisotopic (exact) mass is 263 g/mol. The van der Waals surface area contributed by atoms with Crippen molar-refractivity contribution >= 4 is 9.84 Å². The van der Waals surface area contributed by atoms with Crippen LogP contribution in [0.2, 0.25) is 0 Å². The van der Waals surface area contributed by atoms with E-state index < -0.39 is 9.84 Å². The van der Waals surface area contributed by atoms with Crippen LogP contribution in [0.5, 0.6) is 0 Å². The second-order valence-electron chi connectivity index (χ2n) is 4.97. The predicted octanol–water partition coefficient (Wildman–Crippen LogP) is 2.62. The molecule has 1 atom stereocenters. The van der Waals surface area contributed by atoms with Crippen molar-refractivity contribution < 1.29 is 8.42 Å². The van der Waals surface area contributed by atoms with Crippen molar-refractivity contribution in [3.63, 3.8) is 0 Å². The zero-order valence-corrected chi connectivity index (χ0v) is 12.7. The number of rotatable bonds is 10. The fourth-order valence-electron chi connectivity index (χ4n) is 2.22. The Bertz CT molecular complexity index is 288. The molecule has 1 unspecified atom stereocenters. The van der Waals surface area contributed by atoms with Crippen molar-refractivity contribution in [3.8, 4) is 0 Å². The molecule has 0 amide bonds. The van der Waals surface area contributed by atoms with Crippen LogP contribution in [0.4, 0.5) is 0 Å². The lowest BCUT2D eigenvalue weighted by molar-refractivity contribution is 0.228. The van der Waals surface area contributed by atoms with E-state index in [0.29, 0.717) is 5.75 Å². The first kappa shape index (κ1) is 16.9. The molecule has 17 heavy (non-hydrogen) atoms. The van der Waals surface area contributed by atoms with Gasteiger partial charge in [-0.2, -0.15) is 0 Å². The molecule has 0 aliphatic rings. The summed E-state index contributed by atoms with van der Waals surface area (Å²) in [5, 5.41) is 3.23. The van der Waals surface area contributed by atoms with Gasteiger partial charge in [-0.1, -0.05) is 33.6 Å². The zero-order valence-electron chi connectivity index (χ0n) is 11.9. The highest BCUT2D eigenvalue weighted by molar-refractivity contribution is 7.91. The Labute approximate surface area is 107 Å². The van der Waals surface area contributed by atoms with Crippen molar-refractivity contribution in [1.82, 2.24) is 5.32 Å². The zero-order chi connectivity index (χ0) is 13.4. The van der Waals surface area contributed by atoms with Crippen molar-refractivity contribution in [1.29, 1.82) is 0 Å². The quantitative estimate of drug-likeness (QED) is 0.659. The summed E-state index contributed by atoms with van der Waals surface area (Å²) in [6, 6.07) is 0. The van der Waals surface area contributed by atoms with Gasteiger partial charge in [0.25, 0.3) is 0 Å². The summed E-state index contributed by atoms with van der Waals surface area (Å²) in [7, 11) is -0.885. The third-order valence-electron chi connectivity index (χ3n) is 3.75. The third kappa shape index (κ3) is 6.41. The van der Waals surface area contributed by atoms with Crippen molar-refractivity contribution in [2.45, 2.75) is 52.9 Å². The second-order valence-corrected chi connectivity index (χ2v) is 7.45. The van der Waals surface area contributed by atoms with Crippen LogP contribution in [0, 0.1) is 5.41 Å². The molecule has 0 aromatic carbocycles. The molecule has 0 aromatic rings. The number of hydrogen-bond acceptors (Lipinski definition) is 3. The molecule has 0 heterocycles. The fraction of sp³-hybridized carbons (Fsp3) is 1.00. The topological polar surface area (TPSA) is 46.2 Å². The smallest absolute Gasteiger partial charge is 0.150 e. The molecular weight excluding hydrogens is 234 g/mol. The van der Waals surface area contributed by atoms with Gasteiger partial charge >= 0.3 is 0 Å². The standard InChI is InChI=1S/C13H29NO2S/c1-5-8-9-13(6-2,12-14-4)10-11-17(15,16)7-3/h14H,5-12H2,1-4H3. The molecule has 104 valence electrons. The van der Waals surface area contributed by atoms with E-state index in [-0.39, 0.29) is 11.2 Å². The highest BCUT2D eigenvalue weighted by atomic mass is 32.2. The Kier molecular flexibility index (Phi) is 8.05. The fourth-order valence-corrected chi connectivity index (χ4v) is 3.26. The van der Waals surface area contributed by atoms with E-state index in [1.807, 2.05) is 7.05 Å². The van der Waals surface area contributed by atoms with Crippen molar-refractivity contribution in [2.75, 3.05) is 25.1 Å². The van der Waals surface area contributed by atoms with Gasteiger partial charge in [-0.05, 0) is 31.7 Å². The third-order valence-corrected chi connectivity index (χ3v) is 5.45. The lowest BCUT2D eigenvalue weighted by atomic mass is 9.78. The maximum Gasteiger partial charge on any atom is 0.150 e. The number of sulfone groups is 1. The molecule has 3 nitrogen and oxygen atoms in total. The maximum atomic E-state index is 11.6. The summed E-state index contributed by atoms with van der Waals surface area (Å²) in [5.74, 6) is 0.600. The van der Waals surface area contributed by atoms with Gasteiger partial charge in [-0.3, -0.25) is 0 Å². The first-order valence-electron chi connectivity index (χ1n) is 6.80. The maximum absolute atomic E-state index is 11.6. The first-order chi connectivity index (χ1) is 7.95. The molecule has 0 saturated heterocycles. The lowest BCUT2D eigenvalue weighted by Crippen LogP contribution is -2.34. The van der Waals surface area contributed by atoms with Crippen LogP contribution in [0.1, 0.15) is 52.9 Å². The summed E-state index contributed by atoms with van der Waals surface area (Å²) in [4.78, 5) is 0. The summed E-state index contributed by atoms with van der Waals surface area (Å²) in [6.07, 6.45) is 5.32. The minimum absolute atomic E-state index is 0.160. The number of unbranched alkanes of at least 4 members (excludes halogenated alkanes) is 1. The van der Waals surface area contributed by atoms with Crippen molar-refractivity contribution in [3.05, 3.63) is 0 Å². The lowest BCUT2D eigenvalue weighted by Gasteiger charge is -2.33. The summed E-state index contributed by atoms with van der Waals surface area (Å²) < 4.78 is 23.2. The van der Waals surface area contributed by atoms with E-state index in [1.54, 1.807) is 6.92 Å². The second kappa shape index (κ2) is 8.09. The van der Waals surface area contributed by atoms with Crippen LogP contribution in [0.25, 0.3) is 0 Å². The molecule has 0 aromatic heterocycles. The van der Waals surface area contributed by atoms with Gasteiger partial charge < -0.3 is 5.32 Å². The highest BCUT2D eigenvalue weighted by Gasteiger charge is 2.28. The van der Waals surface area contributed by atoms with E-state index in [1.165, 1.54) is 12.8 Å². The molecule has 0 aliphatic carbocycles. The SMILES string of the molecule is CCCCC(CC)(CCS(=O)(=O)CC)CNC. The first-order valence-corrected chi connectivity index (χ1v) is 8.62. The Morgan fingerprint density at radius 3 is 2.18 bits per heavy atom. The Morgan fingerprint density at radius 2 is 1.76 bits per heavy atom. The normalized spacial score (nSPS) is 15.8. The van der Waals surface area contributed by atoms with Crippen LogP contribution >= 0.6 is 0 Å². The minimum atomic E-state index is -2.83. The number of nitrogens with one attached hydrogen (secondary N) is 1. The van der Waals surface area contributed by atoms with Crippen molar-refractivity contribution in [2.24, 2.45) is 5.41 Å². The molecule has 0 radical (unpaired) electrons. The molecular formula is C13H29NO2S. The van der Waals surface area contributed by atoms with Crippen LogP contribution in [-0.4, -0.2) is 33.5 Å². The van der Waals surface area contributed by atoms with E-state index >= 15 is 0 Å². The van der Waals surface area contributed by atoms with E-state index in [2.05, 4.69) is 19.2 Å². The molecule has 0 spiro atoms. The molecule has 4 heteroatoms. The average Bonchev–Trinajstić information content (AvgIpc) is 2.33. The average molecular weight is 263 g/mol. The Hall–Kier alpha value is -0.0900.